The summed E-state index contributed by atoms with van der Waals surface area (Å²) in [6.07, 6.45) is 0.989. The summed E-state index contributed by atoms with van der Waals surface area (Å²) < 4.78 is 0. The van der Waals surface area contributed by atoms with Crippen molar-refractivity contribution in [1.82, 2.24) is 4.98 Å². The molecular weight excluding hydrogens is 357 g/mol. The Hall–Kier alpha value is -2.10. The van der Waals surface area contributed by atoms with Gasteiger partial charge in [-0.15, -0.1) is 0 Å². The van der Waals surface area contributed by atoms with Crippen molar-refractivity contribution in [3.05, 3.63) is 63.6 Å². The molecule has 5 heteroatoms. The molecule has 128 valence electrons. The molecule has 3 rings (SSSR count). The van der Waals surface area contributed by atoms with Crippen molar-refractivity contribution in [1.29, 1.82) is 0 Å². The number of carbonyl (C=O) groups is 1. The summed E-state index contributed by atoms with van der Waals surface area (Å²) in [5.74, 6) is -0.615. The Balaban J connectivity index is 2.23. The second-order valence-corrected chi connectivity index (χ2v) is 6.89. The molecule has 0 aliphatic heterocycles. The summed E-state index contributed by atoms with van der Waals surface area (Å²) in [5.41, 5.74) is 3.27. The largest absolute Gasteiger partial charge is 0.478 e. The molecule has 1 heterocycles. The number of aromatic nitrogens is 1. The Morgan fingerprint density at radius 2 is 1.88 bits per heavy atom. The van der Waals surface area contributed by atoms with Gasteiger partial charge in [-0.3, -0.25) is 0 Å². The first-order chi connectivity index (χ1) is 11.9. The van der Waals surface area contributed by atoms with Crippen LogP contribution in [0.15, 0.2) is 42.5 Å². The number of benzene rings is 2. The Morgan fingerprint density at radius 1 is 1.12 bits per heavy atom. The van der Waals surface area contributed by atoms with E-state index in [2.05, 4.69) is 18.8 Å². The summed E-state index contributed by atoms with van der Waals surface area (Å²) in [7, 11) is 0. The van der Waals surface area contributed by atoms with E-state index in [9.17, 15) is 9.90 Å². The third-order valence-corrected chi connectivity index (χ3v) is 5.20. The minimum atomic E-state index is -0.977. The first-order valence-electron chi connectivity index (χ1n) is 8.04. The number of aromatic carboxylic acids is 1. The van der Waals surface area contributed by atoms with Crippen LogP contribution in [0.3, 0.4) is 0 Å². The Morgan fingerprint density at radius 3 is 2.52 bits per heavy atom. The molecule has 0 aliphatic carbocycles. The fourth-order valence-electron chi connectivity index (χ4n) is 2.77. The third-order valence-electron chi connectivity index (χ3n) is 4.46. The third kappa shape index (κ3) is 3.48. The van der Waals surface area contributed by atoms with E-state index in [1.165, 1.54) is 0 Å². The van der Waals surface area contributed by atoms with Gasteiger partial charge in [0.1, 0.15) is 0 Å². The minimum Gasteiger partial charge on any atom is -0.478 e. The molecule has 1 N–H and O–H groups in total. The molecule has 1 unspecified atom stereocenters. The van der Waals surface area contributed by atoms with E-state index in [1.807, 2.05) is 18.2 Å². The topological polar surface area (TPSA) is 50.2 Å². The average Bonchev–Trinajstić information content (AvgIpc) is 2.61. The van der Waals surface area contributed by atoms with Crippen LogP contribution < -0.4 is 0 Å². The van der Waals surface area contributed by atoms with Crippen LogP contribution in [0, 0.1) is 0 Å². The number of nitrogens with zero attached hydrogens (tertiary/aromatic N) is 1. The number of fused-ring (bicyclic) bond motifs is 1. The molecule has 25 heavy (non-hydrogen) atoms. The molecule has 0 aliphatic rings. The lowest BCUT2D eigenvalue weighted by atomic mass is 9.95. The molecular formula is C20H17Cl2NO2. The molecule has 3 aromatic rings. The highest BCUT2D eigenvalue weighted by Gasteiger charge is 2.15. The smallest absolute Gasteiger partial charge is 0.336 e. The zero-order valence-corrected chi connectivity index (χ0v) is 15.4. The van der Waals surface area contributed by atoms with Crippen molar-refractivity contribution in [3.63, 3.8) is 0 Å². The number of hydrogen-bond donors (Lipinski definition) is 1. The van der Waals surface area contributed by atoms with Crippen molar-refractivity contribution in [2.45, 2.75) is 26.2 Å². The summed E-state index contributed by atoms with van der Waals surface area (Å²) in [6, 6.07) is 12.6. The lowest BCUT2D eigenvalue weighted by molar-refractivity contribution is 0.0699. The number of hydrogen-bond acceptors (Lipinski definition) is 2. The van der Waals surface area contributed by atoms with Crippen LogP contribution in [0.2, 0.25) is 10.0 Å². The monoisotopic (exact) mass is 373 g/mol. The van der Waals surface area contributed by atoms with Crippen LogP contribution in [0.1, 0.15) is 42.1 Å². The summed E-state index contributed by atoms with van der Waals surface area (Å²) in [4.78, 5) is 16.4. The number of carboxylic acid groups (broad SMARTS) is 1. The first kappa shape index (κ1) is 17.7. The average molecular weight is 374 g/mol. The Labute approximate surface area is 156 Å². The fourth-order valence-corrected chi connectivity index (χ4v) is 3.06. The SMILES string of the molecule is CCC(C)c1ccc2nc(-c3ccc(Cl)c(Cl)c3)cc(C(=O)O)c2c1. The second-order valence-electron chi connectivity index (χ2n) is 6.07. The maximum Gasteiger partial charge on any atom is 0.336 e. The quantitative estimate of drug-likeness (QED) is 0.573. The zero-order valence-electron chi connectivity index (χ0n) is 13.9. The number of rotatable bonds is 4. The normalized spacial score (nSPS) is 12.3. The molecule has 0 saturated carbocycles. The van der Waals surface area contributed by atoms with E-state index in [1.54, 1.807) is 24.3 Å². The van der Waals surface area contributed by atoms with E-state index < -0.39 is 5.97 Å². The van der Waals surface area contributed by atoms with Crippen molar-refractivity contribution >= 4 is 40.1 Å². The summed E-state index contributed by atoms with van der Waals surface area (Å²) in [6.45, 7) is 4.23. The van der Waals surface area contributed by atoms with Crippen LogP contribution in [0.25, 0.3) is 22.2 Å². The molecule has 0 amide bonds. The zero-order chi connectivity index (χ0) is 18.1. The van der Waals surface area contributed by atoms with Gasteiger partial charge in [0.2, 0.25) is 0 Å². The van der Waals surface area contributed by atoms with Crippen molar-refractivity contribution in [2.75, 3.05) is 0 Å². The van der Waals surface area contributed by atoms with Crippen LogP contribution in [-0.4, -0.2) is 16.1 Å². The van der Waals surface area contributed by atoms with E-state index in [0.717, 1.165) is 17.5 Å². The standard InChI is InChI=1S/C20H17Cl2NO2/c1-3-11(2)12-5-7-18-14(8-12)15(20(24)25)10-19(23-18)13-4-6-16(21)17(22)9-13/h4-11H,3H2,1-2H3,(H,24,25). The van der Waals surface area contributed by atoms with Crippen molar-refractivity contribution in [3.8, 4) is 11.3 Å². The molecule has 3 nitrogen and oxygen atoms in total. The predicted octanol–water partition coefficient (Wildman–Crippen LogP) is 6.42. The molecule has 0 fully saturated rings. The molecule has 0 saturated heterocycles. The first-order valence-corrected chi connectivity index (χ1v) is 8.79. The molecule has 0 spiro atoms. The molecule has 2 aromatic carbocycles. The minimum absolute atomic E-state index is 0.233. The van der Waals surface area contributed by atoms with Gasteiger partial charge >= 0.3 is 5.97 Å². The van der Waals surface area contributed by atoms with Crippen LogP contribution in [0.4, 0.5) is 0 Å². The summed E-state index contributed by atoms with van der Waals surface area (Å²) >= 11 is 12.0. The maximum absolute atomic E-state index is 11.8. The predicted molar refractivity (Wildman–Crippen MR) is 103 cm³/mol. The van der Waals surface area contributed by atoms with Gasteiger partial charge in [0.15, 0.2) is 0 Å². The van der Waals surface area contributed by atoms with Crippen LogP contribution in [0.5, 0.6) is 0 Å². The van der Waals surface area contributed by atoms with Crippen LogP contribution >= 0.6 is 23.2 Å². The lowest BCUT2D eigenvalue weighted by Crippen LogP contribution is -2.01. The van der Waals surface area contributed by atoms with Gasteiger partial charge in [0, 0.05) is 10.9 Å². The summed E-state index contributed by atoms with van der Waals surface area (Å²) in [5, 5.41) is 11.2. The van der Waals surface area contributed by atoms with Gasteiger partial charge in [0.05, 0.1) is 26.8 Å². The van der Waals surface area contributed by atoms with Crippen LogP contribution in [-0.2, 0) is 0 Å². The van der Waals surface area contributed by atoms with Gasteiger partial charge in [0.25, 0.3) is 0 Å². The molecule has 0 bridgehead atoms. The van der Waals surface area contributed by atoms with Gasteiger partial charge < -0.3 is 5.11 Å². The molecule has 1 atom stereocenters. The highest BCUT2D eigenvalue weighted by atomic mass is 35.5. The Bertz CT molecular complexity index is 969. The van der Waals surface area contributed by atoms with Crippen molar-refractivity contribution in [2.24, 2.45) is 0 Å². The second kappa shape index (κ2) is 7.03. The number of halogens is 2. The lowest BCUT2D eigenvalue weighted by Gasteiger charge is -2.12. The van der Waals surface area contributed by atoms with Gasteiger partial charge in [-0.2, -0.15) is 0 Å². The van der Waals surface area contributed by atoms with Crippen molar-refractivity contribution < 1.29 is 9.90 Å². The highest BCUT2D eigenvalue weighted by Crippen LogP contribution is 2.31. The van der Waals surface area contributed by atoms with Gasteiger partial charge in [-0.05, 0) is 48.2 Å². The maximum atomic E-state index is 11.8. The van der Waals surface area contributed by atoms with E-state index >= 15 is 0 Å². The van der Waals surface area contributed by atoms with E-state index in [-0.39, 0.29) is 5.56 Å². The number of carboxylic acids is 1. The Kier molecular flexibility index (Phi) is 4.98. The fraction of sp³-hybridized carbons (Fsp3) is 0.200. The van der Waals surface area contributed by atoms with E-state index in [0.29, 0.717) is 32.6 Å². The molecule has 1 aromatic heterocycles. The molecule has 0 radical (unpaired) electrons. The highest BCUT2D eigenvalue weighted by molar-refractivity contribution is 6.42. The number of pyridine rings is 1. The van der Waals surface area contributed by atoms with Gasteiger partial charge in [-0.25, -0.2) is 9.78 Å². The van der Waals surface area contributed by atoms with Gasteiger partial charge in [-0.1, -0.05) is 49.2 Å². The van der Waals surface area contributed by atoms with E-state index in [4.69, 9.17) is 23.2 Å².